The van der Waals surface area contributed by atoms with Crippen molar-refractivity contribution in [2.45, 2.75) is 4.90 Å². The van der Waals surface area contributed by atoms with E-state index in [1.807, 2.05) is 0 Å². The smallest absolute Gasteiger partial charge is 0.338 e. The molecule has 134 valence electrons. The van der Waals surface area contributed by atoms with Crippen molar-refractivity contribution in [3.63, 3.8) is 0 Å². The number of halogens is 2. The van der Waals surface area contributed by atoms with Crippen LogP contribution in [0, 0.1) is 0 Å². The number of rotatable bonds is 6. The van der Waals surface area contributed by atoms with E-state index < -0.39 is 28.4 Å². The Morgan fingerprint density at radius 1 is 1.16 bits per heavy atom. The van der Waals surface area contributed by atoms with E-state index in [9.17, 15) is 18.0 Å². The number of benzene rings is 1. The van der Waals surface area contributed by atoms with Crippen LogP contribution in [0.2, 0.25) is 9.36 Å². The summed E-state index contributed by atoms with van der Waals surface area (Å²) in [6.45, 7) is -0.478. The molecule has 0 aliphatic rings. The molecule has 0 saturated heterocycles. The summed E-state index contributed by atoms with van der Waals surface area (Å²) in [5, 5.41) is -0.0189. The molecule has 2 aromatic rings. The minimum atomic E-state index is -3.82. The summed E-state index contributed by atoms with van der Waals surface area (Å²) in [7, 11) is -1.12. The van der Waals surface area contributed by atoms with Crippen molar-refractivity contribution in [2.75, 3.05) is 20.7 Å². The molecule has 0 atom stereocenters. The molecule has 1 aromatic carbocycles. The van der Waals surface area contributed by atoms with E-state index in [-0.39, 0.29) is 15.5 Å². The maximum absolute atomic E-state index is 12.2. The fourth-order valence-electron chi connectivity index (χ4n) is 1.77. The summed E-state index contributed by atoms with van der Waals surface area (Å²) in [6.07, 6.45) is 0. The lowest BCUT2D eigenvalue weighted by molar-refractivity contribution is 0.0475. The number of Topliss-reactive ketones (excluding diaryl/α,β-unsaturated/α-hetero) is 1. The van der Waals surface area contributed by atoms with Crippen LogP contribution in [-0.2, 0) is 14.8 Å². The van der Waals surface area contributed by atoms with Crippen LogP contribution in [0.15, 0.2) is 35.2 Å². The van der Waals surface area contributed by atoms with Crippen LogP contribution in [0.4, 0.5) is 0 Å². The van der Waals surface area contributed by atoms with Crippen LogP contribution in [0.3, 0.4) is 0 Å². The van der Waals surface area contributed by atoms with Crippen LogP contribution < -0.4 is 0 Å². The molecule has 0 spiro atoms. The van der Waals surface area contributed by atoms with Crippen LogP contribution in [0.1, 0.15) is 20.0 Å². The molecule has 0 radical (unpaired) electrons. The van der Waals surface area contributed by atoms with Gasteiger partial charge in [-0.15, -0.1) is 11.3 Å². The number of hydrogen-bond donors (Lipinski definition) is 0. The number of ether oxygens (including phenoxy) is 1. The first-order valence-corrected chi connectivity index (χ1v) is 9.82. The number of thiophene rings is 1. The third-order valence-corrected chi connectivity index (χ3v) is 6.68. The van der Waals surface area contributed by atoms with Crippen molar-refractivity contribution >= 4 is 56.3 Å². The molecule has 10 heteroatoms. The number of ketones is 1. The predicted octanol–water partition coefficient (Wildman–Crippen LogP) is 3.34. The van der Waals surface area contributed by atoms with Gasteiger partial charge in [-0.3, -0.25) is 4.79 Å². The fraction of sp³-hybridized carbons (Fsp3) is 0.200. The Morgan fingerprint density at radius 3 is 2.40 bits per heavy atom. The molecule has 1 aromatic heterocycles. The van der Waals surface area contributed by atoms with Crippen LogP contribution >= 0.6 is 34.5 Å². The standard InChI is InChI=1S/C15H13Cl2NO5S2/c1-18(2)25(21,22)13-7-9(3-4-10(13)16)15(20)23-8-11(19)12-5-6-14(17)24-12/h3-7H,8H2,1-2H3. The molecule has 0 saturated carbocycles. The summed E-state index contributed by atoms with van der Waals surface area (Å²) in [4.78, 5) is 24.2. The van der Waals surface area contributed by atoms with Gasteiger partial charge < -0.3 is 4.74 Å². The average molecular weight is 422 g/mol. The number of carbonyl (C=O) groups excluding carboxylic acids is 2. The topological polar surface area (TPSA) is 80.8 Å². The number of sulfonamides is 1. The van der Waals surface area contributed by atoms with Gasteiger partial charge in [-0.2, -0.15) is 0 Å². The van der Waals surface area contributed by atoms with Crippen molar-refractivity contribution in [3.05, 3.63) is 50.1 Å². The zero-order chi connectivity index (χ0) is 18.8. The fourth-order valence-corrected chi connectivity index (χ4v) is 4.14. The lowest BCUT2D eigenvalue weighted by atomic mass is 10.2. The maximum Gasteiger partial charge on any atom is 0.338 e. The summed E-state index contributed by atoms with van der Waals surface area (Å²) in [5.74, 6) is -1.23. The molecular weight excluding hydrogens is 409 g/mol. The van der Waals surface area contributed by atoms with Crippen molar-refractivity contribution in [3.8, 4) is 0 Å². The van der Waals surface area contributed by atoms with Gasteiger partial charge in [-0.05, 0) is 30.3 Å². The highest BCUT2D eigenvalue weighted by atomic mass is 35.5. The highest BCUT2D eigenvalue weighted by molar-refractivity contribution is 7.89. The molecule has 0 unspecified atom stereocenters. The number of esters is 1. The Labute approximate surface area is 159 Å². The van der Waals surface area contributed by atoms with Gasteiger partial charge >= 0.3 is 5.97 Å². The molecule has 0 N–H and O–H groups in total. The lowest BCUT2D eigenvalue weighted by Crippen LogP contribution is -2.23. The second-order valence-corrected chi connectivity index (χ2v) is 9.28. The summed E-state index contributed by atoms with van der Waals surface area (Å²) in [5.41, 5.74) is -0.0261. The van der Waals surface area contributed by atoms with E-state index in [1.54, 1.807) is 6.07 Å². The van der Waals surface area contributed by atoms with Gasteiger partial charge in [-0.1, -0.05) is 23.2 Å². The highest BCUT2D eigenvalue weighted by Gasteiger charge is 2.23. The Bertz CT molecular complexity index is 922. The maximum atomic E-state index is 12.2. The lowest BCUT2D eigenvalue weighted by Gasteiger charge is -2.13. The Balaban J connectivity index is 2.16. The molecular formula is C15H13Cl2NO5S2. The molecule has 2 rings (SSSR count). The van der Waals surface area contributed by atoms with Gasteiger partial charge in [0.05, 0.1) is 19.8 Å². The Hall–Kier alpha value is -1.45. The summed E-state index contributed by atoms with van der Waals surface area (Å²) in [6, 6.07) is 6.83. The van der Waals surface area contributed by atoms with E-state index in [1.165, 1.54) is 32.3 Å². The second kappa shape index (κ2) is 7.84. The van der Waals surface area contributed by atoms with E-state index in [0.717, 1.165) is 21.7 Å². The van der Waals surface area contributed by atoms with Crippen molar-refractivity contribution in [1.82, 2.24) is 4.31 Å². The first-order valence-electron chi connectivity index (χ1n) is 6.80. The third-order valence-electron chi connectivity index (χ3n) is 3.11. The first kappa shape index (κ1) is 19.9. The molecule has 0 fully saturated rings. The molecule has 0 aliphatic carbocycles. The van der Waals surface area contributed by atoms with Gasteiger partial charge in [0.25, 0.3) is 0 Å². The van der Waals surface area contributed by atoms with Gasteiger partial charge in [0.2, 0.25) is 15.8 Å². The zero-order valence-electron chi connectivity index (χ0n) is 13.2. The van der Waals surface area contributed by atoms with Gasteiger partial charge in [-0.25, -0.2) is 17.5 Å². The monoisotopic (exact) mass is 421 g/mol. The molecule has 1 heterocycles. The van der Waals surface area contributed by atoms with E-state index in [4.69, 9.17) is 27.9 Å². The normalized spacial score (nSPS) is 11.6. The van der Waals surface area contributed by atoms with Crippen molar-refractivity contribution in [1.29, 1.82) is 0 Å². The van der Waals surface area contributed by atoms with Gasteiger partial charge in [0.1, 0.15) is 4.90 Å². The van der Waals surface area contributed by atoms with Gasteiger partial charge in [0, 0.05) is 14.1 Å². The third kappa shape index (κ3) is 4.59. The Morgan fingerprint density at radius 2 is 1.84 bits per heavy atom. The van der Waals surface area contributed by atoms with Crippen LogP contribution in [-0.4, -0.2) is 45.2 Å². The summed E-state index contributed by atoms with van der Waals surface area (Å²) >= 11 is 12.7. The summed E-state index contributed by atoms with van der Waals surface area (Å²) < 4.78 is 30.8. The predicted molar refractivity (Wildman–Crippen MR) is 96.3 cm³/mol. The zero-order valence-corrected chi connectivity index (χ0v) is 16.3. The van der Waals surface area contributed by atoms with E-state index in [2.05, 4.69) is 0 Å². The number of carbonyl (C=O) groups is 2. The SMILES string of the molecule is CN(C)S(=O)(=O)c1cc(C(=O)OCC(=O)c2ccc(Cl)s2)ccc1Cl. The minimum absolute atomic E-state index is 0.0189. The number of hydrogen-bond acceptors (Lipinski definition) is 6. The second-order valence-electron chi connectivity index (χ2n) is 5.04. The quantitative estimate of drug-likeness (QED) is 0.527. The molecule has 0 bridgehead atoms. The van der Waals surface area contributed by atoms with Gasteiger partial charge in [0.15, 0.2) is 6.61 Å². The molecule has 25 heavy (non-hydrogen) atoms. The highest BCUT2D eigenvalue weighted by Crippen LogP contribution is 2.25. The van der Waals surface area contributed by atoms with Crippen molar-refractivity contribution in [2.24, 2.45) is 0 Å². The molecule has 0 aliphatic heterocycles. The van der Waals surface area contributed by atoms with Crippen LogP contribution in [0.5, 0.6) is 0 Å². The Kier molecular flexibility index (Phi) is 6.23. The molecule has 0 amide bonds. The minimum Gasteiger partial charge on any atom is -0.454 e. The first-order chi connectivity index (χ1) is 11.6. The number of nitrogens with zero attached hydrogens (tertiary/aromatic N) is 1. The van der Waals surface area contributed by atoms with Crippen LogP contribution in [0.25, 0.3) is 0 Å². The van der Waals surface area contributed by atoms with E-state index >= 15 is 0 Å². The van der Waals surface area contributed by atoms with E-state index in [0.29, 0.717) is 9.21 Å². The van der Waals surface area contributed by atoms with Crippen molar-refractivity contribution < 1.29 is 22.7 Å². The largest absolute Gasteiger partial charge is 0.454 e. The average Bonchev–Trinajstić information content (AvgIpc) is 2.99. The molecule has 6 nitrogen and oxygen atoms in total.